The minimum absolute atomic E-state index is 0.0330. The summed E-state index contributed by atoms with van der Waals surface area (Å²) >= 11 is 3.36. The molecule has 20 heavy (non-hydrogen) atoms. The molecule has 1 amide bonds. The highest BCUT2D eigenvalue weighted by atomic mass is 79.9. The van der Waals surface area contributed by atoms with Gasteiger partial charge in [0, 0.05) is 10.4 Å². The van der Waals surface area contributed by atoms with E-state index in [-0.39, 0.29) is 18.2 Å². The first-order valence-corrected chi connectivity index (χ1v) is 7.52. The number of aliphatic carboxylic acids is 1. The molecular formula is C15H18BrNO3. The normalized spacial score (nSPS) is 22.7. The van der Waals surface area contributed by atoms with Crippen molar-refractivity contribution in [2.45, 2.75) is 32.2 Å². The molecule has 1 aromatic rings. The lowest BCUT2D eigenvalue weighted by atomic mass is 9.75. The topological polar surface area (TPSA) is 66.4 Å². The van der Waals surface area contributed by atoms with Crippen molar-refractivity contribution in [2.75, 3.05) is 0 Å². The van der Waals surface area contributed by atoms with E-state index in [2.05, 4.69) is 28.2 Å². The lowest BCUT2D eigenvalue weighted by Crippen LogP contribution is -2.40. The van der Waals surface area contributed by atoms with Crippen LogP contribution in [0.25, 0.3) is 0 Å². The van der Waals surface area contributed by atoms with Crippen molar-refractivity contribution in [3.05, 3.63) is 34.3 Å². The van der Waals surface area contributed by atoms with Crippen molar-refractivity contribution >= 4 is 27.8 Å². The standard InChI is InChI=1S/C15H18BrNO3/c1-9-5-11(6-9)15(20)17-13(8-14(18)19)10-3-2-4-12(16)7-10/h2-4,7,9,11,13H,5-6,8H2,1H3,(H,17,20)(H,18,19). The first-order valence-electron chi connectivity index (χ1n) is 6.73. The van der Waals surface area contributed by atoms with E-state index >= 15 is 0 Å². The molecule has 0 aromatic heterocycles. The molecule has 0 saturated heterocycles. The number of benzene rings is 1. The average molecular weight is 340 g/mol. The Hall–Kier alpha value is -1.36. The van der Waals surface area contributed by atoms with Gasteiger partial charge in [-0.05, 0) is 36.5 Å². The summed E-state index contributed by atoms with van der Waals surface area (Å²) < 4.78 is 0.872. The molecule has 2 N–H and O–H groups in total. The summed E-state index contributed by atoms with van der Waals surface area (Å²) in [6.45, 7) is 2.12. The zero-order chi connectivity index (χ0) is 14.7. The Morgan fingerprint density at radius 1 is 1.45 bits per heavy atom. The van der Waals surface area contributed by atoms with Gasteiger partial charge in [-0.3, -0.25) is 9.59 Å². The van der Waals surface area contributed by atoms with Gasteiger partial charge in [0.1, 0.15) is 0 Å². The van der Waals surface area contributed by atoms with Crippen molar-refractivity contribution in [3.8, 4) is 0 Å². The van der Waals surface area contributed by atoms with Crippen LogP contribution < -0.4 is 5.32 Å². The third-order valence-electron chi connectivity index (χ3n) is 3.69. The third-order valence-corrected chi connectivity index (χ3v) is 4.18. The molecule has 0 bridgehead atoms. The fourth-order valence-corrected chi connectivity index (χ4v) is 2.97. The van der Waals surface area contributed by atoms with E-state index in [1.807, 2.05) is 24.3 Å². The maximum absolute atomic E-state index is 12.1. The van der Waals surface area contributed by atoms with Gasteiger partial charge >= 0.3 is 5.97 Å². The quantitative estimate of drug-likeness (QED) is 0.865. The average Bonchev–Trinajstić information content (AvgIpc) is 2.33. The molecule has 0 aliphatic heterocycles. The Labute approximate surface area is 126 Å². The van der Waals surface area contributed by atoms with Crippen LogP contribution in [0.2, 0.25) is 0 Å². The van der Waals surface area contributed by atoms with Crippen LogP contribution in [0.4, 0.5) is 0 Å². The van der Waals surface area contributed by atoms with Gasteiger partial charge in [0.2, 0.25) is 5.91 Å². The first kappa shape index (κ1) is 15.0. The second-order valence-corrected chi connectivity index (χ2v) is 6.40. The van der Waals surface area contributed by atoms with E-state index < -0.39 is 12.0 Å². The van der Waals surface area contributed by atoms with Crippen LogP contribution in [-0.2, 0) is 9.59 Å². The second kappa shape index (κ2) is 6.39. The number of hydrogen-bond acceptors (Lipinski definition) is 2. The lowest BCUT2D eigenvalue weighted by molar-refractivity contribution is -0.138. The van der Waals surface area contributed by atoms with Gasteiger partial charge in [-0.15, -0.1) is 0 Å². The lowest BCUT2D eigenvalue weighted by Gasteiger charge is -2.32. The van der Waals surface area contributed by atoms with Gasteiger partial charge in [0.15, 0.2) is 0 Å². The van der Waals surface area contributed by atoms with Gasteiger partial charge in [0.25, 0.3) is 0 Å². The Morgan fingerprint density at radius 3 is 2.70 bits per heavy atom. The molecule has 0 heterocycles. The molecule has 1 aliphatic carbocycles. The van der Waals surface area contributed by atoms with E-state index in [0.29, 0.717) is 5.92 Å². The molecule has 1 aromatic carbocycles. The van der Waals surface area contributed by atoms with E-state index in [9.17, 15) is 9.59 Å². The van der Waals surface area contributed by atoms with E-state index in [1.54, 1.807) is 0 Å². The second-order valence-electron chi connectivity index (χ2n) is 5.49. The molecule has 1 aliphatic rings. The molecule has 108 valence electrons. The predicted octanol–water partition coefficient (Wildman–Crippen LogP) is 3.13. The highest BCUT2D eigenvalue weighted by Gasteiger charge is 2.32. The summed E-state index contributed by atoms with van der Waals surface area (Å²) in [6, 6.07) is 6.91. The number of hydrogen-bond donors (Lipinski definition) is 2. The van der Waals surface area contributed by atoms with Crippen LogP contribution in [0, 0.1) is 11.8 Å². The van der Waals surface area contributed by atoms with Crippen LogP contribution in [0.15, 0.2) is 28.7 Å². The number of rotatable bonds is 5. The Morgan fingerprint density at radius 2 is 2.15 bits per heavy atom. The minimum atomic E-state index is -0.919. The number of amides is 1. The van der Waals surface area contributed by atoms with Gasteiger partial charge < -0.3 is 10.4 Å². The van der Waals surface area contributed by atoms with Gasteiger partial charge in [0.05, 0.1) is 12.5 Å². The van der Waals surface area contributed by atoms with Crippen molar-refractivity contribution in [2.24, 2.45) is 11.8 Å². The van der Waals surface area contributed by atoms with Gasteiger partial charge in [-0.25, -0.2) is 0 Å². The summed E-state index contributed by atoms with van der Waals surface area (Å²) in [5.74, 6) is -0.324. The highest BCUT2D eigenvalue weighted by molar-refractivity contribution is 9.10. The smallest absolute Gasteiger partial charge is 0.305 e. The van der Waals surface area contributed by atoms with Crippen molar-refractivity contribution in [3.63, 3.8) is 0 Å². The van der Waals surface area contributed by atoms with Crippen molar-refractivity contribution in [1.82, 2.24) is 5.32 Å². The number of carbonyl (C=O) groups is 2. The Kier molecular flexibility index (Phi) is 4.81. The van der Waals surface area contributed by atoms with Crippen LogP contribution in [-0.4, -0.2) is 17.0 Å². The van der Waals surface area contributed by atoms with Gasteiger partial charge in [-0.2, -0.15) is 0 Å². The Bertz CT molecular complexity index is 512. The summed E-state index contributed by atoms with van der Waals surface area (Å²) in [4.78, 5) is 23.1. The number of halogens is 1. The van der Waals surface area contributed by atoms with E-state index in [4.69, 9.17) is 5.11 Å². The van der Waals surface area contributed by atoms with Crippen LogP contribution in [0.3, 0.4) is 0 Å². The molecule has 0 radical (unpaired) electrons. The van der Waals surface area contributed by atoms with Crippen molar-refractivity contribution < 1.29 is 14.7 Å². The highest BCUT2D eigenvalue weighted by Crippen LogP contribution is 2.34. The van der Waals surface area contributed by atoms with Gasteiger partial charge in [-0.1, -0.05) is 35.0 Å². The molecular weight excluding hydrogens is 322 g/mol. The number of carboxylic acids is 1. The van der Waals surface area contributed by atoms with E-state index in [0.717, 1.165) is 22.9 Å². The largest absolute Gasteiger partial charge is 0.481 e. The first-order chi connectivity index (χ1) is 9.45. The molecule has 1 unspecified atom stereocenters. The fourth-order valence-electron chi connectivity index (χ4n) is 2.56. The number of nitrogens with one attached hydrogen (secondary N) is 1. The SMILES string of the molecule is CC1CC(C(=O)NC(CC(=O)O)c2cccc(Br)c2)C1. The van der Waals surface area contributed by atoms with Crippen LogP contribution >= 0.6 is 15.9 Å². The minimum Gasteiger partial charge on any atom is -0.481 e. The zero-order valence-electron chi connectivity index (χ0n) is 11.3. The van der Waals surface area contributed by atoms with Crippen molar-refractivity contribution in [1.29, 1.82) is 0 Å². The molecule has 1 fully saturated rings. The van der Waals surface area contributed by atoms with Crippen LogP contribution in [0.1, 0.15) is 37.8 Å². The number of carbonyl (C=O) groups excluding carboxylic acids is 1. The Balaban J connectivity index is 2.07. The molecule has 1 atom stereocenters. The summed E-state index contributed by atoms with van der Waals surface area (Å²) in [5, 5.41) is 11.9. The molecule has 5 heteroatoms. The molecule has 2 rings (SSSR count). The fraction of sp³-hybridized carbons (Fsp3) is 0.467. The summed E-state index contributed by atoms with van der Waals surface area (Å²) in [7, 11) is 0. The molecule has 4 nitrogen and oxygen atoms in total. The predicted molar refractivity (Wildman–Crippen MR) is 79.2 cm³/mol. The number of carboxylic acid groups (broad SMARTS) is 1. The summed E-state index contributed by atoms with van der Waals surface area (Å²) in [5.41, 5.74) is 0.808. The third kappa shape index (κ3) is 3.82. The van der Waals surface area contributed by atoms with Crippen LogP contribution in [0.5, 0.6) is 0 Å². The molecule has 1 saturated carbocycles. The molecule has 0 spiro atoms. The van der Waals surface area contributed by atoms with E-state index in [1.165, 1.54) is 0 Å². The maximum atomic E-state index is 12.1. The summed E-state index contributed by atoms with van der Waals surface area (Å²) in [6.07, 6.45) is 1.68. The maximum Gasteiger partial charge on any atom is 0.305 e. The zero-order valence-corrected chi connectivity index (χ0v) is 12.9. The monoisotopic (exact) mass is 339 g/mol.